The highest BCUT2D eigenvalue weighted by atomic mass is 16.1. The van der Waals surface area contributed by atoms with Crippen molar-refractivity contribution in [2.75, 3.05) is 13.6 Å². The lowest BCUT2D eigenvalue weighted by molar-refractivity contribution is 0.111. The lowest BCUT2D eigenvalue weighted by Gasteiger charge is -2.25. The SMILES string of the molecule is CN1CCn2c(-c3ccccn3)nc(C=O)c2C1. The Morgan fingerprint density at radius 2 is 2.22 bits per heavy atom. The van der Waals surface area contributed by atoms with Crippen LogP contribution in [0.2, 0.25) is 0 Å². The minimum atomic E-state index is 0.530. The zero-order valence-electron chi connectivity index (χ0n) is 10.2. The smallest absolute Gasteiger partial charge is 0.170 e. The molecule has 3 heterocycles. The van der Waals surface area contributed by atoms with E-state index < -0.39 is 0 Å². The van der Waals surface area contributed by atoms with E-state index >= 15 is 0 Å². The molecule has 1 aliphatic rings. The van der Waals surface area contributed by atoms with Crippen LogP contribution in [0.4, 0.5) is 0 Å². The lowest BCUT2D eigenvalue weighted by atomic mass is 10.2. The summed E-state index contributed by atoms with van der Waals surface area (Å²) < 4.78 is 2.10. The third-order valence-corrected chi connectivity index (χ3v) is 3.23. The van der Waals surface area contributed by atoms with Gasteiger partial charge in [0.15, 0.2) is 12.1 Å². The van der Waals surface area contributed by atoms with E-state index in [1.807, 2.05) is 25.2 Å². The Labute approximate surface area is 105 Å². The van der Waals surface area contributed by atoms with Crippen LogP contribution in [0.15, 0.2) is 24.4 Å². The monoisotopic (exact) mass is 242 g/mol. The third-order valence-electron chi connectivity index (χ3n) is 3.23. The first kappa shape index (κ1) is 11.1. The van der Waals surface area contributed by atoms with Crippen molar-refractivity contribution >= 4 is 6.29 Å². The van der Waals surface area contributed by atoms with Gasteiger partial charge in [0.05, 0.1) is 5.69 Å². The van der Waals surface area contributed by atoms with Crippen LogP contribution < -0.4 is 0 Å². The van der Waals surface area contributed by atoms with Gasteiger partial charge in [-0.2, -0.15) is 0 Å². The van der Waals surface area contributed by atoms with Crippen LogP contribution >= 0.6 is 0 Å². The van der Waals surface area contributed by atoms with Gasteiger partial charge in [-0.25, -0.2) is 4.98 Å². The van der Waals surface area contributed by atoms with E-state index in [-0.39, 0.29) is 0 Å². The summed E-state index contributed by atoms with van der Waals surface area (Å²) in [4.78, 5) is 22.0. The van der Waals surface area contributed by atoms with Gasteiger partial charge in [0, 0.05) is 25.8 Å². The fraction of sp³-hybridized carbons (Fsp3) is 0.308. The second kappa shape index (κ2) is 4.34. The fourth-order valence-corrected chi connectivity index (χ4v) is 2.30. The van der Waals surface area contributed by atoms with Gasteiger partial charge in [0.25, 0.3) is 0 Å². The number of hydrogen-bond donors (Lipinski definition) is 0. The number of nitrogens with zero attached hydrogens (tertiary/aromatic N) is 4. The summed E-state index contributed by atoms with van der Waals surface area (Å²) in [6.45, 7) is 2.56. The van der Waals surface area contributed by atoms with Crippen molar-refractivity contribution in [1.29, 1.82) is 0 Å². The summed E-state index contributed by atoms with van der Waals surface area (Å²) in [5, 5.41) is 0. The average Bonchev–Trinajstić information content (AvgIpc) is 2.77. The van der Waals surface area contributed by atoms with Crippen LogP contribution in [-0.2, 0) is 13.1 Å². The molecule has 0 saturated heterocycles. The quantitative estimate of drug-likeness (QED) is 0.743. The number of carbonyl (C=O) groups excluding carboxylic acids is 1. The summed E-state index contributed by atoms with van der Waals surface area (Å²) in [6, 6.07) is 5.72. The van der Waals surface area contributed by atoms with E-state index in [0.717, 1.165) is 43.1 Å². The number of aldehydes is 1. The van der Waals surface area contributed by atoms with Crippen molar-refractivity contribution in [1.82, 2.24) is 19.4 Å². The second-order valence-corrected chi connectivity index (χ2v) is 4.49. The molecule has 0 fully saturated rings. The molecule has 0 atom stereocenters. The fourth-order valence-electron chi connectivity index (χ4n) is 2.30. The summed E-state index contributed by atoms with van der Waals surface area (Å²) >= 11 is 0. The van der Waals surface area contributed by atoms with Gasteiger partial charge in [-0.1, -0.05) is 6.07 Å². The van der Waals surface area contributed by atoms with Crippen LogP contribution in [0.3, 0.4) is 0 Å². The van der Waals surface area contributed by atoms with Crippen LogP contribution in [0.1, 0.15) is 16.2 Å². The zero-order chi connectivity index (χ0) is 12.5. The van der Waals surface area contributed by atoms with Gasteiger partial charge in [-0.3, -0.25) is 14.7 Å². The van der Waals surface area contributed by atoms with Gasteiger partial charge in [-0.05, 0) is 19.2 Å². The number of fused-ring (bicyclic) bond motifs is 1. The molecule has 1 aliphatic heterocycles. The van der Waals surface area contributed by atoms with Crippen molar-refractivity contribution in [2.24, 2.45) is 0 Å². The van der Waals surface area contributed by atoms with Gasteiger partial charge in [0.2, 0.25) is 0 Å². The molecule has 0 bridgehead atoms. The molecule has 2 aromatic rings. The van der Waals surface area contributed by atoms with Crippen molar-refractivity contribution < 1.29 is 4.79 Å². The third kappa shape index (κ3) is 1.73. The first-order valence-corrected chi connectivity index (χ1v) is 5.94. The highest BCUT2D eigenvalue weighted by Crippen LogP contribution is 2.23. The molecule has 0 unspecified atom stereocenters. The predicted molar refractivity (Wildman–Crippen MR) is 67.2 cm³/mol. The largest absolute Gasteiger partial charge is 0.324 e. The summed E-state index contributed by atoms with van der Waals surface area (Å²) in [5.41, 5.74) is 2.33. The molecule has 0 amide bonds. The van der Waals surface area contributed by atoms with Crippen LogP contribution in [0, 0.1) is 0 Å². The Kier molecular flexibility index (Phi) is 2.68. The van der Waals surface area contributed by atoms with E-state index in [1.165, 1.54) is 0 Å². The van der Waals surface area contributed by atoms with E-state index in [1.54, 1.807) is 6.20 Å². The Morgan fingerprint density at radius 3 is 2.94 bits per heavy atom. The molecular weight excluding hydrogens is 228 g/mol. The Bertz CT molecular complexity index is 576. The molecule has 0 N–H and O–H groups in total. The first-order valence-electron chi connectivity index (χ1n) is 5.94. The van der Waals surface area contributed by atoms with Crippen molar-refractivity contribution in [3.63, 3.8) is 0 Å². The molecule has 0 aliphatic carbocycles. The number of carbonyl (C=O) groups is 1. The maximum atomic E-state index is 11.1. The summed E-state index contributed by atoms with van der Waals surface area (Å²) in [5.74, 6) is 0.792. The molecule has 0 saturated carbocycles. The van der Waals surface area contributed by atoms with Gasteiger partial charge in [-0.15, -0.1) is 0 Å². The van der Waals surface area contributed by atoms with E-state index in [9.17, 15) is 4.79 Å². The minimum absolute atomic E-state index is 0.530. The van der Waals surface area contributed by atoms with Crippen LogP contribution in [-0.4, -0.2) is 39.3 Å². The summed E-state index contributed by atoms with van der Waals surface area (Å²) in [6.07, 6.45) is 2.57. The highest BCUT2D eigenvalue weighted by molar-refractivity contribution is 5.75. The normalized spacial score (nSPS) is 15.4. The summed E-state index contributed by atoms with van der Waals surface area (Å²) in [7, 11) is 2.05. The van der Waals surface area contributed by atoms with E-state index in [4.69, 9.17) is 0 Å². The Hall–Kier alpha value is -2.01. The molecule has 18 heavy (non-hydrogen) atoms. The number of hydrogen-bond acceptors (Lipinski definition) is 4. The maximum Gasteiger partial charge on any atom is 0.170 e. The molecule has 5 nitrogen and oxygen atoms in total. The van der Waals surface area contributed by atoms with Crippen molar-refractivity contribution in [3.8, 4) is 11.5 Å². The van der Waals surface area contributed by atoms with E-state index in [2.05, 4.69) is 19.4 Å². The number of rotatable bonds is 2. The molecule has 2 aromatic heterocycles. The molecule has 5 heteroatoms. The first-order chi connectivity index (χ1) is 8.79. The Balaban J connectivity index is 2.15. The number of likely N-dealkylation sites (N-methyl/N-ethyl adjacent to an activating group) is 1. The molecular formula is C13H14N4O. The maximum absolute atomic E-state index is 11.1. The van der Waals surface area contributed by atoms with Gasteiger partial charge in [0.1, 0.15) is 11.4 Å². The topological polar surface area (TPSA) is 51.0 Å². The molecule has 0 radical (unpaired) electrons. The molecule has 0 spiro atoms. The second-order valence-electron chi connectivity index (χ2n) is 4.49. The molecule has 92 valence electrons. The van der Waals surface area contributed by atoms with Gasteiger partial charge >= 0.3 is 0 Å². The van der Waals surface area contributed by atoms with Crippen LogP contribution in [0.5, 0.6) is 0 Å². The van der Waals surface area contributed by atoms with Crippen LogP contribution in [0.25, 0.3) is 11.5 Å². The van der Waals surface area contributed by atoms with E-state index in [0.29, 0.717) is 5.69 Å². The molecule has 0 aromatic carbocycles. The number of pyridine rings is 1. The van der Waals surface area contributed by atoms with Crippen molar-refractivity contribution in [2.45, 2.75) is 13.1 Å². The predicted octanol–water partition coefficient (Wildman–Crippen LogP) is 1.20. The highest BCUT2D eigenvalue weighted by Gasteiger charge is 2.23. The average molecular weight is 242 g/mol. The number of imidazole rings is 1. The minimum Gasteiger partial charge on any atom is -0.324 e. The number of aromatic nitrogens is 3. The molecule has 3 rings (SSSR count). The van der Waals surface area contributed by atoms with Gasteiger partial charge < -0.3 is 4.57 Å². The lowest BCUT2D eigenvalue weighted by Crippen LogP contribution is -2.30. The zero-order valence-corrected chi connectivity index (χ0v) is 10.2. The van der Waals surface area contributed by atoms with Crippen molar-refractivity contribution in [3.05, 3.63) is 35.8 Å². The standard InChI is InChI=1S/C13H14N4O/c1-16-6-7-17-12(8-16)11(9-18)15-13(17)10-4-2-3-5-14-10/h2-5,9H,6-8H2,1H3. The Morgan fingerprint density at radius 1 is 1.33 bits per heavy atom.